The molecule has 5 aromatic carbocycles. The fraction of sp³-hybridized carbons (Fsp3) is 0. The first-order chi connectivity index (χ1) is 17.1. The summed E-state index contributed by atoms with van der Waals surface area (Å²) in [6.07, 6.45) is 0. The number of hydrogen-bond acceptors (Lipinski definition) is 3. The van der Waals surface area contributed by atoms with Crippen LogP contribution in [0.1, 0.15) is 0 Å². The molecule has 5 heteroatoms. The van der Waals surface area contributed by atoms with Crippen molar-refractivity contribution in [1.29, 1.82) is 0 Å². The summed E-state index contributed by atoms with van der Waals surface area (Å²) in [5, 5.41) is 14.7. The number of phenols is 1. The number of hydrogen-bond donors (Lipinski definition) is 1. The maximum atomic E-state index is 14.9. The number of para-hydroxylation sites is 1. The summed E-state index contributed by atoms with van der Waals surface area (Å²) in [7, 11) is -6.93. The Hall–Kier alpha value is -3.64. The summed E-state index contributed by atoms with van der Waals surface area (Å²) < 4.78 is 29.9. The van der Waals surface area contributed by atoms with Gasteiger partial charge in [0.25, 0.3) is 0 Å². The van der Waals surface area contributed by atoms with Gasteiger partial charge in [-0.15, -0.1) is 0 Å². The summed E-state index contributed by atoms with van der Waals surface area (Å²) in [4.78, 5) is 0. The maximum Gasteiger partial charge on any atom is 0.174 e. The molecule has 0 saturated heterocycles. The minimum atomic E-state index is -3.46. The standard InChI is InChI=1S/C30H24O3P2/c31-30-28(34(32,24-14-5-1-6-15-24)25-16-7-2-8-17-25)22-13-23-29(30)35(33,26-18-9-3-10-19-26)27-20-11-4-12-21-27/h1-23,31H. The van der Waals surface area contributed by atoms with Crippen molar-refractivity contribution in [3.63, 3.8) is 0 Å². The Morgan fingerprint density at radius 2 is 0.629 bits per heavy atom. The number of benzene rings is 5. The monoisotopic (exact) mass is 494 g/mol. The summed E-state index contributed by atoms with van der Waals surface area (Å²) in [6.45, 7) is 0. The van der Waals surface area contributed by atoms with Crippen LogP contribution in [-0.2, 0) is 9.13 Å². The zero-order valence-corrected chi connectivity index (χ0v) is 20.7. The normalized spacial score (nSPS) is 11.8. The molecular formula is C30H24O3P2. The number of aromatic hydroxyl groups is 1. The molecule has 0 aromatic heterocycles. The highest BCUT2D eigenvalue weighted by molar-refractivity contribution is 7.87. The Labute approximate surface area is 205 Å². The first-order valence-corrected chi connectivity index (χ1v) is 14.7. The van der Waals surface area contributed by atoms with Gasteiger partial charge in [-0.1, -0.05) is 127 Å². The molecule has 0 aliphatic heterocycles. The van der Waals surface area contributed by atoms with Crippen LogP contribution in [0.15, 0.2) is 140 Å². The SMILES string of the molecule is O=P(c1ccccc1)(c1ccccc1)c1cccc(P(=O)(c2ccccc2)c2ccccc2)c1O. The van der Waals surface area contributed by atoms with Crippen LogP contribution in [0.5, 0.6) is 5.75 Å². The van der Waals surface area contributed by atoms with Crippen molar-refractivity contribution in [2.45, 2.75) is 0 Å². The summed E-state index contributed by atoms with van der Waals surface area (Å²) in [6, 6.07) is 41.8. The van der Waals surface area contributed by atoms with E-state index in [-0.39, 0.29) is 16.4 Å². The lowest BCUT2D eigenvalue weighted by Gasteiger charge is -2.25. The third-order valence-electron chi connectivity index (χ3n) is 6.15. The molecule has 5 rings (SSSR count). The van der Waals surface area contributed by atoms with E-state index in [0.29, 0.717) is 21.2 Å². The van der Waals surface area contributed by atoms with Gasteiger partial charge in [-0.3, -0.25) is 0 Å². The van der Waals surface area contributed by atoms with E-state index in [9.17, 15) is 14.2 Å². The molecule has 0 radical (unpaired) electrons. The van der Waals surface area contributed by atoms with E-state index in [1.165, 1.54) is 0 Å². The van der Waals surface area contributed by atoms with Gasteiger partial charge in [-0.2, -0.15) is 0 Å². The Balaban J connectivity index is 1.82. The van der Waals surface area contributed by atoms with Crippen LogP contribution in [0.3, 0.4) is 0 Å². The van der Waals surface area contributed by atoms with Crippen LogP contribution in [0, 0.1) is 0 Å². The third-order valence-corrected chi connectivity index (χ3v) is 12.3. The van der Waals surface area contributed by atoms with Crippen molar-refractivity contribution >= 4 is 46.1 Å². The molecule has 0 fully saturated rings. The zero-order chi connectivity index (χ0) is 24.3. The van der Waals surface area contributed by atoms with Crippen molar-refractivity contribution in [3.05, 3.63) is 140 Å². The predicted molar refractivity (Wildman–Crippen MR) is 147 cm³/mol. The molecule has 5 aromatic rings. The van der Waals surface area contributed by atoms with Gasteiger partial charge in [0.2, 0.25) is 0 Å². The first kappa shape index (κ1) is 23.1. The summed E-state index contributed by atoms with van der Waals surface area (Å²) in [5.74, 6) is -0.195. The van der Waals surface area contributed by atoms with E-state index in [1.807, 2.05) is 121 Å². The lowest BCUT2D eigenvalue weighted by atomic mass is 10.3. The predicted octanol–water partition coefficient (Wildman–Crippen LogP) is 4.67. The van der Waals surface area contributed by atoms with E-state index >= 15 is 0 Å². The van der Waals surface area contributed by atoms with E-state index in [2.05, 4.69) is 0 Å². The van der Waals surface area contributed by atoms with Crippen LogP contribution < -0.4 is 31.8 Å². The number of phenolic OH excluding ortho intramolecular Hbond substituents is 1. The van der Waals surface area contributed by atoms with E-state index in [4.69, 9.17) is 0 Å². The average Bonchev–Trinajstić information content (AvgIpc) is 2.94. The van der Waals surface area contributed by atoms with Crippen LogP contribution in [0.25, 0.3) is 0 Å². The molecule has 0 atom stereocenters. The van der Waals surface area contributed by atoms with Gasteiger partial charge in [-0.25, -0.2) is 0 Å². The van der Waals surface area contributed by atoms with Gasteiger partial charge in [-0.05, 0) is 12.1 Å². The van der Waals surface area contributed by atoms with Gasteiger partial charge in [0, 0.05) is 21.2 Å². The van der Waals surface area contributed by atoms with Crippen LogP contribution >= 0.6 is 14.3 Å². The molecule has 0 bridgehead atoms. The Morgan fingerprint density at radius 3 is 0.886 bits per heavy atom. The van der Waals surface area contributed by atoms with Gasteiger partial charge in [0.1, 0.15) is 5.75 Å². The smallest absolute Gasteiger partial charge is 0.174 e. The van der Waals surface area contributed by atoms with Crippen molar-refractivity contribution in [2.24, 2.45) is 0 Å². The van der Waals surface area contributed by atoms with E-state index < -0.39 is 14.3 Å². The van der Waals surface area contributed by atoms with Gasteiger partial charge >= 0.3 is 0 Å². The van der Waals surface area contributed by atoms with E-state index in [1.54, 1.807) is 18.2 Å². The Bertz CT molecular complexity index is 1330. The Morgan fingerprint density at radius 1 is 0.371 bits per heavy atom. The molecule has 0 amide bonds. The Kier molecular flexibility index (Phi) is 6.31. The second-order valence-corrected chi connectivity index (χ2v) is 13.7. The second kappa shape index (κ2) is 9.55. The first-order valence-electron chi connectivity index (χ1n) is 11.3. The van der Waals surface area contributed by atoms with Crippen molar-refractivity contribution in [3.8, 4) is 5.75 Å². The molecule has 0 heterocycles. The lowest BCUT2D eigenvalue weighted by molar-refractivity contribution is 0.482. The highest BCUT2D eigenvalue weighted by Gasteiger charge is 2.38. The lowest BCUT2D eigenvalue weighted by Crippen LogP contribution is -2.31. The van der Waals surface area contributed by atoms with Gasteiger partial charge < -0.3 is 14.2 Å². The van der Waals surface area contributed by atoms with Crippen molar-refractivity contribution < 1.29 is 14.2 Å². The highest BCUT2D eigenvalue weighted by atomic mass is 31.2. The zero-order valence-electron chi connectivity index (χ0n) is 18.9. The largest absolute Gasteiger partial charge is 0.506 e. The van der Waals surface area contributed by atoms with Crippen LogP contribution in [-0.4, -0.2) is 5.11 Å². The van der Waals surface area contributed by atoms with Crippen molar-refractivity contribution in [1.82, 2.24) is 0 Å². The number of rotatable bonds is 6. The molecule has 0 saturated carbocycles. The molecule has 1 N–H and O–H groups in total. The van der Waals surface area contributed by atoms with E-state index in [0.717, 1.165) is 0 Å². The molecule has 0 aliphatic rings. The molecular weight excluding hydrogens is 470 g/mol. The second-order valence-electron chi connectivity index (χ2n) is 8.21. The third kappa shape index (κ3) is 3.98. The molecule has 172 valence electrons. The summed E-state index contributed by atoms with van der Waals surface area (Å²) >= 11 is 0. The van der Waals surface area contributed by atoms with Gasteiger partial charge in [0.15, 0.2) is 14.3 Å². The molecule has 35 heavy (non-hydrogen) atoms. The quantitative estimate of drug-likeness (QED) is 0.349. The minimum Gasteiger partial charge on any atom is -0.506 e. The topological polar surface area (TPSA) is 54.4 Å². The molecule has 3 nitrogen and oxygen atoms in total. The van der Waals surface area contributed by atoms with Crippen molar-refractivity contribution in [2.75, 3.05) is 0 Å². The van der Waals surface area contributed by atoms with Crippen LogP contribution in [0.4, 0.5) is 0 Å². The molecule has 0 spiro atoms. The average molecular weight is 494 g/mol. The minimum absolute atomic E-state index is 0.195. The highest BCUT2D eigenvalue weighted by Crippen LogP contribution is 2.49. The van der Waals surface area contributed by atoms with Gasteiger partial charge in [0.05, 0.1) is 10.6 Å². The molecule has 0 unspecified atom stereocenters. The fourth-order valence-corrected chi connectivity index (χ4v) is 10.0. The van der Waals surface area contributed by atoms with Crippen LogP contribution in [0.2, 0.25) is 0 Å². The summed E-state index contributed by atoms with van der Waals surface area (Å²) in [5.41, 5.74) is 0. The fourth-order valence-electron chi connectivity index (χ4n) is 4.43. The molecule has 0 aliphatic carbocycles. The maximum absolute atomic E-state index is 14.9.